The Balaban J connectivity index is 2.88. The fourth-order valence-electron chi connectivity index (χ4n) is 1.03. The molecular formula is C8H11ClN6O3S. The van der Waals surface area contributed by atoms with Crippen molar-refractivity contribution in [3.05, 3.63) is 10.8 Å². The lowest BCUT2D eigenvalue weighted by molar-refractivity contribution is 0.0845. The standard InChI is InChI=1S/C8H11ClN6O3S/c1-19-8(18-7(12)17)15-6(16)2-4(10)14-5(11)3(9)13-2/h8H,1H3,(H2,12,17)(H,15,16)(H4,10,11,14). The highest BCUT2D eigenvalue weighted by Gasteiger charge is 2.20. The number of nitrogens with one attached hydrogen (secondary N) is 1. The Morgan fingerprint density at radius 3 is 2.53 bits per heavy atom. The largest absolute Gasteiger partial charge is 0.416 e. The summed E-state index contributed by atoms with van der Waals surface area (Å²) in [7, 11) is 0. The predicted octanol–water partition coefficient (Wildman–Crippen LogP) is -0.234. The van der Waals surface area contributed by atoms with Crippen LogP contribution in [0.3, 0.4) is 0 Å². The van der Waals surface area contributed by atoms with Crippen LogP contribution in [0.5, 0.6) is 0 Å². The number of ether oxygens (including phenoxy) is 1. The van der Waals surface area contributed by atoms with Gasteiger partial charge < -0.3 is 27.3 Å². The van der Waals surface area contributed by atoms with Crippen molar-refractivity contribution >= 4 is 47.0 Å². The predicted molar refractivity (Wildman–Crippen MR) is 71.3 cm³/mol. The molecule has 0 aromatic carbocycles. The lowest BCUT2D eigenvalue weighted by atomic mass is 10.4. The van der Waals surface area contributed by atoms with Crippen LogP contribution in [0.1, 0.15) is 10.5 Å². The molecular weight excluding hydrogens is 296 g/mol. The van der Waals surface area contributed by atoms with Gasteiger partial charge in [-0.15, -0.1) is 0 Å². The first kappa shape index (κ1) is 15.1. The minimum absolute atomic E-state index is 0.0921. The third-order valence-corrected chi connectivity index (χ3v) is 2.73. The van der Waals surface area contributed by atoms with Crippen molar-refractivity contribution in [2.45, 2.75) is 5.56 Å². The summed E-state index contributed by atoms with van der Waals surface area (Å²) in [6.45, 7) is 0. The molecule has 0 fully saturated rings. The SMILES string of the molecule is CSC(NC(=O)c1nc(Cl)c(N)nc1N)OC(N)=O. The number of hydrogen-bond acceptors (Lipinski definition) is 8. The fraction of sp³-hybridized carbons (Fsp3) is 0.250. The molecule has 1 unspecified atom stereocenters. The maximum atomic E-state index is 11.8. The van der Waals surface area contributed by atoms with Gasteiger partial charge in [-0.05, 0) is 6.26 Å². The number of rotatable bonds is 4. The van der Waals surface area contributed by atoms with E-state index in [9.17, 15) is 9.59 Å². The van der Waals surface area contributed by atoms with Gasteiger partial charge >= 0.3 is 6.09 Å². The van der Waals surface area contributed by atoms with E-state index >= 15 is 0 Å². The maximum Gasteiger partial charge on any atom is 0.407 e. The molecule has 1 rings (SSSR count). The molecule has 0 spiro atoms. The second-order valence-corrected chi connectivity index (χ2v) is 4.37. The van der Waals surface area contributed by atoms with Crippen molar-refractivity contribution in [2.24, 2.45) is 5.73 Å². The number of aromatic nitrogens is 2. The number of anilines is 2. The maximum absolute atomic E-state index is 11.8. The molecule has 19 heavy (non-hydrogen) atoms. The van der Waals surface area contributed by atoms with Gasteiger partial charge in [0, 0.05) is 0 Å². The first-order chi connectivity index (χ1) is 8.85. The Labute approximate surface area is 117 Å². The second-order valence-electron chi connectivity index (χ2n) is 3.11. The first-order valence-electron chi connectivity index (χ1n) is 4.73. The summed E-state index contributed by atoms with van der Waals surface area (Å²) in [5.41, 5.74) is 14.5. The topological polar surface area (TPSA) is 159 Å². The van der Waals surface area contributed by atoms with Crippen LogP contribution in [-0.4, -0.2) is 33.8 Å². The molecule has 7 N–H and O–H groups in total. The zero-order chi connectivity index (χ0) is 14.6. The van der Waals surface area contributed by atoms with Crippen LogP contribution in [-0.2, 0) is 4.74 Å². The molecule has 104 valence electrons. The number of amides is 2. The third-order valence-electron chi connectivity index (χ3n) is 1.81. The molecule has 1 heterocycles. The molecule has 1 aromatic rings. The van der Waals surface area contributed by atoms with E-state index in [1.807, 2.05) is 0 Å². The summed E-state index contributed by atoms with van der Waals surface area (Å²) >= 11 is 6.67. The van der Waals surface area contributed by atoms with Crippen molar-refractivity contribution in [3.63, 3.8) is 0 Å². The molecule has 9 nitrogen and oxygen atoms in total. The van der Waals surface area contributed by atoms with E-state index in [1.54, 1.807) is 6.26 Å². The van der Waals surface area contributed by atoms with Crippen LogP contribution in [0.4, 0.5) is 16.4 Å². The first-order valence-corrected chi connectivity index (χ1v) is 6.40. The molecule has 0 aliphatic rings. The van der Waals surface area contributed by atoms with Gasteiger partial charge in [-0.1, -0.05) is 23.4 Å². The van der Waals surface area contributed by atoms with Crippen molar-refractivity contribution in [2.75, 3.05) is 17.7 Å². The van der Waals surface area contributed by atoms with Crippen molar-refractivity contribution in [3.8, 4) is 0 Å². The van der Waals surface area contributed by atoms with Crippen molar-refractivity contribution in [1.29, 1.82) is 0 Å². The van der Waals surface area contributed by atoms with Gasteiger partial charge in [0.1, 0.15) is 0 Å². The van der Waals surface area contributed by atoms with E-state index in [1.165, 1.54) is 0 Å². The van der Waals surface area contributed by atoms with Crippen LogP contribution in [0.15, 0.2) is 0 Å². The minimum Gasteiger partial charge on any atom is -0.416 e. The minimum atomic E-state index is -1.03. The molecule has 1 aromatic heterocycles. The number of hydrogen-bond donors (Lipinski definition) is 4. The number of nitrogens with two attached hydrogens (primary N) is 3. The zero-order valence-corrected chi connectivity index (χ0v) is 11.3. The monoisotopic (exact) mass is 306 g/mol. The molecule has 0 saturated carbocycles. The van der Waals surface area contributed by atoms with E-state index in [2.05, 4.69) is 20.0 Å². The Bertz CT molecular complexity index is 514. The Morgan fingerprint density at radius 1 is 1.37 bits per heavy atom. The number of nitrogens with zero attached hydrogens (tertiary/aromatic N) is 2. The van der Waals surface area contributed by atoms with Crippen LogP contribution in [0.25, 0.3) is 0 Å². The summed E-state index contributed by atoms with van der Waals surface area (Å²) in [6, 6.07) is 0. The van der Waals surface area contributed by atoms with E-state index in [0.717, 1.165) is 11.8 Å². The van der Waals surface area contributed by atoms with Gasteiger partial charge in [0.25, 0.3) is 5.91 Å². The zero-order valence-electron chi connectivity index (χ0n) is 9.71. The van der Waals surface area contributed by atoms with Crippen molar-refractivity contribution < 1.29 is 14.3 Å². The van der Waals surface area contributed by atoms with E-state index in [0.29, 0.717) is 0 Å². The van der Waals surface area contributed by atoms with E-state index in [4.69, 9.17) is 28.8 Å². The molecule has 0 radical (unpaired) electrons. The van der Waals surface area contributed by atoms with Crippen LogP contribution in [0.2, 0.25) is 5.15 Å². The molecule has 0 aliphatic carbocycles. The summed E-state index contributed by atoms with van der Waals surface area (Å²) < 4.78 is 4.61. The molecule has 0 saturated heterocycles. The van der Waals surface area contributed by atoms with Gasteiger partial charge in [-0.3, -0.25) is 4.79 Å². The number of primary amides is 1. The summed E-state index contributed by atoms with van der Waals surface area (Å²) in [5, 5.41) is 2.16. The van der Waals surface area contributed by atoms with E-state index < -0.39 is 17.6 Å². The highest BCUT2D eigenvalue weighted by molar-refractivity contribution is 7.99. The van der Waals surface area contributed by atoms with Gasteiger partial charge in [0.05, 0.1) is 0 Å². The normalized spacial score (nSPS) is 11.7. The molecule has 0 aliphatic heterocycles. The van der Waals surface area contributed by atoms with Gasteiger partial charge in [-0.2, -0.15) is 0 Å². The second kappa shape index (κ2) is 6.29. The van der Waals surface area contributed by atoms with Crippen LogP contribution < -0.4 is 22.5 Å². The Kier molecular flexibility index (Phi) is 5.01. The average molecular weight is 307 g/mol. The smallest absolute Gasteiger partial charge is 0.407 e. The summed E-state index contributed by atoms with van der Waals surface area (Å²) in [4.78, 5) is 29.8. The van der Waals surface area contributed by atoms with Gasteiger partial charge in [-0.25, -0.2) is 14.8 Å². The highest BCUT2D eigenvalue weighted by atomic mass is 35.5. The number of halogens is 1. The van der Waals surface area contributed by atoms with Gasteiger partial charge in [0.15, 0.2) is 22.5 Å². The molecule has 2 amide bonds. The average Bonchev–Trinajstić information content (AvgIpc) is 2.32. The molecule has 1 atom stereocenters. The number of carbonyl (C=O) groups excluding carboxylic acids is 2. The van der Waals surface area contributed by atoms with Crippen LogP contribution in [0, 0.1) is 0 Å². The Morgan fingerprint density at radius 2 is 2.00 bits per heavy atom. The third kappa shape index (κ3) is 4.03. The molecule has 11 heteroatoms. The highest BCUT2D eigenvalue weighted by Crippen LogP contribution is 2.17. The number of carbonyl (C=O) groups is 2. The molecule has 0 bridgehead atoms. The number of thioether (sulfide) groups is 1. The number of nitrogen functional groups attached to an aromatic ring is 2. The summed E-state index contributed by atoms with van der Waals surface area (Å²) in [5.74, 6) is -1.02. The van der Waals surface area contributed by atoms with Crippen LogP contribution >= 0.6 is 23.4 Å². The lowest BCUT2D eigenvalue weighted by Gasteiger charge is -2.15. The van der Waals surface area contributed by atoms with E-state index in [-0.39, 0.29) is 22.5 Å². The quantitative estimate of drug-likeness (QED) is 0.555. The fourth-order valence-corrected chi connectivity index (χ4v) is 1.57. The van der Waals surface area contributed by atoms with Gasteiger partial charge in [0.2, 0.25) is 5.56 Å². The Hall–Kier alpha value is -1.94. The van der Waals surface area contributed by atoms with Crippen molar-refractivity contribution in [1.82, 2.24) is 15.3 Å². The summed E-state index contributed by atoms with van der Waals surface area (Å²) in [6.07, 6.45) is 0.563. The lowest BCUT2D eigenvalue weighted by Crippen LogP contribution is -2.38.